The molecule has 5 heteroatoms. The van der Waals surface area contributed by atoms with Crippen molar-refractivity contribution in [1.82, 2.24) is 5.06 Å². The van der Waals surface area contributed by atoms with Gasteiger partial charge in [0.2, 0.25) is 6.29 Å². The fourth-order valence-corrected chi connectivity index (χ4v) is 2.49. The van der Waals surface area contributed by atoms with Gasteiger partial charge in [-0.25, -0.2) is 9.63 Å². The van der Waals surface area contributed by atoms with Gasteiger partial charge < -0.3 is 9.47 Å². The SMILES string of the molecule is O=C(Oc1ccccc1)N1O[C@H]2O[C@H]2[C@@H]1c1ccccc1. The highest BCUT2D eigenvalue weighted by Gasteiger charge is 2.59. The lowest BCUT2D eigenvalue weighted by molar-refractivity contribution is -0.177. The Labute approximate surface area is 121 Å². The van der Waals surface area contributed by atoms with E-state index in [1.165, 1.54) is 5.06 Å². The van der Waals surface area contributed by atoms with Crippen LogP contribution in [0.25, 0.3) is 0 Å². The fraction of sp³-hybridized carbons (Fsp3) is 0.188. The molecule has 21 heavy (non-hydrogen) atoms. The first-order chi connectivity index (χ1) is 10.3. The molecule has 0 N–H and O–H groups in total. The van der Waals surface area contributed by atoms with Crippen molar-refractivity contribution in [1.29, 1.82) is 0 Å². The summed E-state index contributed by atoms with van der Waals surface area (Å²) in [6.07, 6.45) is -1.000. The fourth-order valence-electron chi connectivity index (χ4n) is 2.49. The molecule has 2 fully saturated rings. The summed E-state index contributed by atoms with van der Waals surface area (Å²) in [5.74, 6) is 0.486. The van der Waals surface area contributed by atoms with Gasteiger partial charge in [0, 0.05) is 0 Å². The van der Waals surface area contributed by atoms with E-state index in [0.717, 1.165) is 5.56 Å². The van der Waals surface area contributed by atoms with Gasteiger partial charge in [-0.1, -0.05) is 48.5 Å². The van der Waals surface area contributed by atoms with E-state index in [1.807, 2.05) is 48.5 Å². The summed E-state index contributed by atoms with van der Waals surface area (Å²) >= 11 is 0. The lowest BCUT2D eigenvalue weighted by Gasteiger charge is -2.24. The molecule has 0 spiro atoms. The second-order valence-electron chi connectivity index (χ2n) is 4.94. The highest BCUT2D eigenvalue weighted by molar-refractivity contribution is 5.70. The zero-order valence-corrected chi connectivity index (χ0v) is 11.1. The molecule has 0 aliphatic carbocycles. The summed E-state index contributed by atoms with van der Waals surface area (Å²) in [5.41, 5.74) is 0.965. The number of rotatable bonds is 2. The van der Waals surface area contributed by atoms with Crippen LogP contribution in [-0.2, 0) is 9.57 Å². The number of amides is 1. The number of epoxide rings is 1. The van der Waals surface area contributed by atoms with E-state index in [4.69, 9.17) is 14.3 Å². The molecule has 2 saturated heterocycles. The number of carbonyl (C=O) groups is 1. The maximum Gasteiger partial charge on any atom is 0.440 e. The maximum absolute atomic E-state index is 12.3. The second-order valence-corrected chi connectivity index (χ2v) is 4.94. The van der Waals surface area contributed by atoms with E-state index in [0.29, 0.717) is 5.75 Å². The minimum absolute atomic E-state index is 0.115. The summed E-state index contributed by atoms with van der Waals surface area (Å²) in [6.45, 7) is 0. The van der Waals surface area contributed by atoms with Gasteiger partial charge in [0.25, 0.3) is 0 Å². The molecule has 0 saturated carbocycles. The zero-order chi connectivity index (χ0) is 14.2. The van der Waals surface area contributed by atoms with Crippen LogP contribution in [0.15, 0.2) is 60.7 Å². The van der Waals surface area contributed by atoms with Gasteiger partial charge >= 0.3 is 6.09 Å². The molecule has 2 aliphatic heterocycles. The summed E-state index contributed by atoms with van der Waals surface area (Å²) in [5, 5.41) is 1.27. The Hall–Kier alpha value is -2.37. The highest BCUT2D eigenvalue weighted by atomic mass is 16.9. The third-order valence-corrected chi connectivity index (χ3v) is 3.53. The number of carbonyl (C=O) groups excluding carboxylic acids is 1. The Morgan fingerprint density at radius 2 is 1.67 bits per heavy atom. The lowest BCUT2D eigenvalue weighted by atomic mass is 10.0. The van der Waals surface area contributed by atoms with Crippen LogP contribution in [-0.4, -0.2) is 23.6 Å². The van der Waals surface area contributed by atoms with Crippen LogP contribution < -0.4 is 4.74 Å². The first-order valence-electron chi connectivity index (χ1n) is 6.76. The van der Waals surface area contributed by atoms with Crippen LogP contribution in [0.3, 0.4) is 0 Å². The molecular weight excluding hydrogens is 270 g/mol. The number of ether oxygens (including phenoxy) is 2. The van der Waals surface area contributed by atoms with Gasteiger partial charge in [-0.15, -0.1) is 0 Å². The molecule has 0 unspecified atom stereocenters. The largest absolute Gasteiger partial charge is 0.440 e. The first-order valence-corrected chi connectivity index (χ1v) is 6.76. The minimum atomic E-state index is -0.536. The van der Waals surface area contributed by atoms with E-state index in [2.05, 4.69) is 0 Å². The average Bonchev–Trinajstić information content (AvgIpc) is 3.19. The number of nitrogens with zero attached hydrogens (tertiary/aromatic N) is 1. The molecule has 0 radical (unpaired) electrons. The van der Waals surface area contributed by atoms with Crippen molar-refractivity contribution < 1.29 is 19.1 Å². The van der Waals surface area contributed by atoms with Crippen LogP contribution >= 0.6 is 0 Å². The number of fused-ring (bicyclic) bond motifs is 1. The molecule has 2 aliphatic rings. The van der Waals surface area contributed by atoms with Gasteiger partial charge in [0.05, 0.1) is 0 Å². The molecule has 0 bridgehead atoms. The van der Waals surface area contributed by atoms with Gasteiger partial charge in [-0.3, -0.25) is 0 Å². The zero-order valence-electron chi connectivity index (χ0n) is 11.1. The second kappa shape index (κ2) is 4.87. The minimum Gasteiger partial charge on any atom is -0.409 e. The summed E-state index contributed by atoms with van der Waals surface area (Å²) in [6, 6.07) is 18.3. The van der Waals surface area contributed by atoms with Crippen molar-refractivity contribution in [3.8, 4) is 5.75 Å². The van der Waals surface area contributed by atoms with E-state index >= 15 is 0 Å². The summed E-state index contributed by atoms with van der Waals surface area (Å²) < 4.78 is 10.7. The Kier molecular flexibility index (Phi) is 2.87. The number of hydroxylamine groups is 2. The van der Waals surface area contributed by atoms with Crippen molar-refractivity contribution in [2.24, 2.45) is 0 Å². The molecule has 2 aromatic carbocycles. The Bertz CT molecular complexity index is 646. The Morgan fingerprint density at radius 3 is 2.38 bits per heavy atom. The maximum atomic E-state index is 12.3. The Balaban J connectivity index is 1.55. The van der Waals surface area contributed by atoms with Crippen molar-refractivity contribution >= 4 is 6.09 Å². The quantitative estimate of drug-likeness (QED) is 0.795. The third-order valence-electron chi connectivity index (χ3n) is 3.53. The van der Waals surface area contributed by atoms with Crippen molar-refractivity contribution in [2.75, 3.05) is 0 Å². The molecule has 3 atom stereocenters. The van der Waals surface area contributed by atoms with E-state index < -0.39 is 6.09 Å². The van der Waals surface area contributed by atoms with Crippen LogP contribution in [0, 0.1) is 0 Å². The number of para-hydroxylation sites is 1. The summed E-state index contributed by atoms with van der Waals surface area (Å²) in [4.78, 5) is 17.8. The molecule has 0 aromatic heterocycles. The molecule has 106 valence electrons. The smallest absolute Gasteiger partial charge is 0.409 e. The van der Waals surface area contributed by atoms with Crippen molar-refractivity contribution in [2.45, 2.75) is 18.4 Å². The molecule has 4 rings (SSSR count). The predicted octanol–water partition coefficient (Wildman–Crippen LogP) is 2.90. The van der Waals surface area contributed by atoms with Crippen LogP contribution in [0.2, 0.25) is 0 Å². The average molecular weight is 283 g/mol. The topological polar surface area (TPSA) is 51.3 Å². The highest BCUT2D eigenvalue weighted by Crippen LogP contribution is 2.46. The summed E-state index contributed by atoms with van der Waals surface area (Å²) in [7, 11) is 0. The predicted molar refractivity (Wildman–Crippen MR) is 73.2 cm³/mol. The molecule has 2 heterocycles. The van der Waals surface area contributed by atoms with E-state index in [1.54, 1.807) is 12.1 Å². The monoisotopic (exact) mass is 283 g/mol. The number of hydrogen-bond donors (Lipinski definition) is 0. The van der Waals surface area contributed by atoms with Crippen molar-refractivity contribution in [3.63, 3.8) is 0 Å². The standard InChI is InChI=1S/C16H13NO4/c18-16(19-12-9-5-2-6-10-12)17-13(14-15(20-14)21-17)11-7-3-1-4-8-11/h1-10,13-15H/t13-,14-,15+/m0/s1. The van der Waals surface area contributed by atoms with Gasteiger partial charge in [-0.05, 0) is 17.7 Å². The number of benzene rings is 2. The van der Waals surface area contributed by atoms with Gasteiger partial charge in [0.15, 0.2) is 0 Å². The third kappa shape index (κ3) is 2.26. The lowest BCUT2D eigenvalue weighted by Crippen LogP contribution is -2.35. The van der Waals surface area contributed by atoms with Crippen LogP contribution in [0.5, 0.6) is 5.75 Å². The molecule has 1 amide bonds. The van der Waals surface area contributed by atoms with Crippen molar-refractivity contribution in [3.05, 3.63) is 66.2 Å². The normalized spacial score (nSPS) is 26.3. The van der Waals surface area contributed by atoms with E-state index in [-0.39, 0.29) is 18.4 Å². The molecular formula is C16H13NO4. The van der Waals surface area contributed by atoms with E-state index in [9.17, 15) is 4.79 Å². The molecule has 2 aromatic rings. The van der Waals surface area contributed by atoms with Crippen LogP contribution in [0.4, 0.5) is 4.79 Å². The Morgan fingerprint density at radius 1 is 1.00 bits per heavy atom. The van der Waals surface area contributed by atoms with Crippen LogP contribution in [0.1, 0.15) is 11.6 Å². The molecule has 5 nitrogen and oxygen atoms in total. The van der Waals surface area contributed by atoms with Gasteiger partial charge in [0.1, 0.15) is 17.9 Å². The number of hydrogen-bond acceptors (Lipinski definition) is 4. The first kappa shape index (κ1) is 12.4. The van der Waals surface area contributed by atoms with Gasteiger partial charge in [-0.2, -0.15) is 5.06 Å².